The largest absolute Gasteiger partial charge is 0.469 e. The maximum absolute atomic E-state index is 11.7. The molecule has 144 valence electrons. The van der Waals surface area contributed by atoms with Gasteiger partial charge in [-0.05, 0) is 30.4 Å². The van der Waals surface area contributed by atoms with E-state index in [1.807, 2.05) is 12.1 Å². The van der Waals surface area contributed by atoms with Gasteiger partial charge in [0, 0.05) is 33.3 Å². The van der Waals surface area contributed by atoms with Gasteiger partial charge in [0.1, 0.15) is 0 Å². The first-order valence-electron chi connectivity index (χ1n) is 9.37. The van der Waals surface area contributed by atoms with Crippen LogP contribution in [-0.4, -0.2) is 50.7 Å². The van der Waals surface area contributed by atoms with E-state index in [0.717, 1.165) is 44.9 Å². The van der Waals surface area contributed by atoms with Gasteiger partial charge in [-0.15, -0.1) is 0 Å². The van der Waals surface area contributed by atoms with Crippen LogP contribution in [0.3, 0.4) is 0 Å². The van der Waals surface area contributed by atoms with Gasteiger partial charge in [-0.1, -0.05) is 31.2 Å². The molecule has 1 heterocycles. The average molecular weight is 361 g/mol. The molecular formula is C20H31N3O3. The summed E-state index contributed by atoms with van der Waals surface area (Å²) in [5.74, 6) is 0.775. The average Bonchev–Trinajstić information content (AvgIpc) is 2.69. The van der Waals surface area contributed by atoms with Crippen LogP contribution in [0.2, 0.25) is 0 Å². The predicted molar refractivity (Wildman–Crippen MR) is 103 cm³/mol. The number of esters is 1. The van der Waals surface area contributed by atoms with Crippen LogP contribution in [0, 0.1) is 5.92 Å². The van der Waals surface area contributed by atoms with Crippen LogP contribution in [0.1, 0.15) is 37.3 Å². The first kappa shape index (κ1) is 20.2. The van der Waals surface area contributed by atoms with Crippen LogP contribution in [-0.2, 0) is 27.4 Å². The van der Waals surface area contributed by atoms with Crippen LogP contribution in [0.4, 0.5) is 0 Å². The second-order valence-corrected chi connectivity index (χ2v) is 6.51. The summed E-state index contributed by atoms with van der Waals surface area (Å²) in [6.45, 7) is 5.84. The molecule has 1 aliphatic rings. The molecule has 0 saturated carbocycles. The Hall–Kier alpha value is -2.08. The Morgan fingerprint density at radius 2 is 1.96 bits per heavy atom. The fourth-order valence-corrected chi connectivity index (χ4v) is 3.20. The second-order valence-electron chi connectivity index (χ2n) is 6.51. The number of benzene rings is 1. The quantitative estimate of drug-likeness (QED) is 0.350. The van der Waals surface area contributed by atoms with E-state index in [4.69, 9.17) is 9.47 Å². The van der Waals surface area contributed by atoms with Crippen LogP contribution in [0.15, 0.2) is 29.3 Å². The molecule has 0 spiro atoms. The van der Waals surface area contributed by atoms with Crippen molar-refractivity contribution in [2.24, 2.45) is 10.9 Å². The van der Waals surface area contributed by atoms with E-state index >= 15 is 0 Å². The normalized spacial score (nSPS) is 15.8. The molecule has 6 nitrogen and oxygen atoms in total. The van der Waals surface area contributed by atoms with E-state index in [2.05, 4.69) is 34.3 Å². The van der Waals surface area contributed by atoms with E-state index in [9.17, 15) is 4.79 Å². The summed E-state index contributed by atoms with van der Waals surface area (Å²) in [7, 11) is 3.25. The van der Waals surface area contributed by atoms with Crippen LogP contribution in [0.5, 0.6) is 0 Å². The SMILES string of the molecule is CCCOCc1ccccc1CNC(=NC)N1CCC(C(=O)OC)CC1. The number of likely N-dealkylation sites (tertiary alicyclic amines) is 1. The Morgan fingerprint density at radius 1 is 1.27 bits per heavy atom. The lowest BCUT2D eigenvalue weighted by atomic mass is 9.97. The zero-order valence-electron chi connectivity index (χ0n) is 16.2. The molecule has 1 saturated heterocycles. The zero-order chi connectivity index (χ0) is 18.8. The number of hydrogen-bond acceptors (Lipinski definition) is 4. The molecule has 0 aliphatic carbocycles. The van der Waals surface area contributed by atoms with Crippen LogP contribution < -0.4 is 5.32 Å². The number of guanidine groups is 1. The van der Waals surface area contributed by atoms with Gasteiger partial charge in [0.05, 0.1) is 19.6 Å². The topological polar surface area (TPSA) is 63.2 Å². The molecule has 0 amide bonds. The van der Waals surface area contributed by atoms with Crippen molar-refractivity contribution in [2.75, 3.05) is 33.9 Å². The summed E-state index contributed by atoms with van der Waals surface area (Å²) in [4.78, 5) is 18.3. The number of methoxy groups -OCH3 is 1. The lowest BCUT2D eigenvalue weighted by molar-refractivity contribution is -0.146. The van der Waals surface area contributed by atoms with E-state index < -0.39 is 0 Å². The third-order valence-electron chi connectivity index (χ3n) is 4.70. The molecule has 1 fully saturated rings. The third kappa shape index (κ3) is 5.73. The van der Waals surface area contributed by atoms with E-state index in [1.165, 1.54) is 18.2 Å². The summed E-state index contributed by atoms with van der Waals surface area (Å²) < 4.78 is 10.5. The molecule has 0 aromatic heterocycles. The number of carbonyl (C=O) groups is 1. The third-order valence-corrected chi connectivity index (χ3v) is 4.70. The van der Waals surface area contributed by atoms with E-state index in [0.29, 0.717) is 13.2 Å². The number of rotatable bonds is 7. The summed E-state index contributed by atoms with van der Waals surface area (Å²) in [5, 5.41) is 3.45. The number of nitrogens with one attached hydrogen (secondary N) is 1. The Morgan fingerprint density at radius 3 is 2.58 bits per heavy atom. The second kappa shape index (κ2) is 10.8. The molecule has 0 unspecified atom stereocenters. The molecule has 1 aromatic carbocycles. The van der Waals surface area contributed by atoms with E-state index in [-0.39, 0.29) is 11.9 Å². The lowest BCUT2D eigenvalue weighted by Gasteiger charge is -2.33. The van der Waals surface area contributed by atoms with E-state index in [1.54, 1.807) is 7.05 Å². The summed E-state index contributed by atoms with van der Waals surface area (Å²) in [5.41, 5.74) is 2.42. The summed E-state index contributed by atoms with van der Waals surface area (Å²) >= 11 is 0. The Labute approximate surface area is 156 Å². The van der Waals surface area contributed by atoms with Crippen molar-refractivity contribution < 1.29 is 14.3 Å². The monoisotopic (exact) mass is 361 g/mol. The fraction of sp³-hybridized carbons (Fsp3) is 0.600. The first-order valence-corrected chi connectivity index (χ1v) is 9.37. The molecule has 0 atom stereocenters. The molecule has 26 heavy (non-hydrogen) atoms. The lowest BCUT2D eigenvalue weighted by Crippen LogP contribution is -2.46. The molecule has 1 N–H and O–H groups in total. The van der Waals surface area contributed by atoms with Crippen molar-refractivity contribution in [1.82, 2.24) is 10.2 Å². The highest BCUT2D eigenvalue weighted by molar-refractivity contribution is 5.80. The van der Waals surface area contributed by atoms with Gasteiger partial charge in [-0.2, -0.15) is 0 Å². The number of carbonyl (C=O) groups excluding carboxylic acids is 1. The molecule has 6 heteroatoms. The minimum Gasteiger partial charge on any atom is -0.469 e. The molecule has 1 aromatic rings. The molecule has 0 radical (unpaired) electrons. The van der Waals surface area contributed by atoms with Gasteiger partial charge in [-0.25, -0.2) is 0 Å². The minimum absolute atomic E-state index is 0.00537. The van der Waals surface area contributed by atoms with Gasteiger partial charge in [0.15, 0.2) is 5.96 Å². The van der Waals surface area contributed by atoms with Crippen LogP contribution >= 0.6 is 0 Å². The number of nitrogens with zero attached hydrogens (tertiary/aromatic N) is 2. The van der Waals surface area contributed by atoms with Crippen LogP contribution in [0.25, 0.3) is 0 Å². The number of ether oxygens (including phenoxy) is 2. The summed E-state index contributed by atoms with van der Waals surface area (Å²) in [6.07, 6.45) is 2.62. The maximum atomic E-state index is 11.7. The molecule has 1 aliphatic heterocycles. The van der Waals surface area contributed by atoms with Gasteiger partial charge in [-0.3, -0.25) is 9.79 Å². The summed E-state index contributed by atoms with van der Waals surface area (Å²) in [6, 6.07) is 8.32. The molecular weight excluding hydrogens is 330 g/mol. The van der Waals surface area contributed by atoms with Crippen molar-refractivity contribution in [2.45, 2.75) is 39.3 Å². The van der Waals surface area contributed by atoms with Gasteiger partial charge >= 0.3 is 5.97 Å². The molecule has 0 bridgehead atoms. The van der Waals surface area contributed by atoms with Crippen molar-refractivity contribution in [3.05, 3.63) is 35.4 Å². The van der Waals surface area contributed by atoms with Crippen molar-refractivity contribution in [1.29, 1.82) is 0 Å². The number of hydrogen-bond donors (Lipinski definition) is 1. The predicted octanol–water partition coefficient (Wildman–Crippen LogP) is 2.57. The van der Waals surface area contributed by atoms with Gasteiger partial charge in [0.25, 0.3) is 0 Å². The Kier molecular flexibility index (Phi) is 8.41. The zero-order valence-corrected chi connectivity index (χ0v) is 16.2. The van der Waals surface area contributed by atoms with Gasteiger partial charge in [0.2, 0.25) is 0 Å². The Balaban J connectivity index is 1.89. The van der Waals surface area contributed by atoms with Gasteiger partial charge < -0.3 is 19.7 Å². The van der Waals surface area contributed by atoms with Crippen molar-refractivity contribution in [3.8, 4) is 0 Å². The first-order chi connectivity index (χ1) is 12.7. The number of piperidine rings is 1. The Bertz CT molecular complexity index is 596. The standard InChI is InChI=1S/C20H31N3O3/c1-4-13-26-15-18-8-6-5-7-17(18)14-22-20(21-2)23-11-9-16(10-12-23)19(24)25-3/h5-8,16H,4,9-15H2,1-3H3,(H,21,22). The fourth-order valence-electron chi connectivity index (χ4n) is 3.20. The number of aliphatic imine (C=N–C) groups is 1. The highest BCUT2D eigenvalue weighted by Crippen LogP contribution is 2.18. The highest BCUT2D eigenvalue weighted by atomic mass is 16.5. The smallest absolute Gasteiger partial charge is 0.308 e. The maximum Gasteiger partial charge on any atom is 0.308 e. The highest BCUT2D eigenvalue weighted by Gasteiger charge is 2.26. The van der Waals surface area contributed by atoms with Crippen molar-refractivity contribution in [3.63, 3.8) is 0 Å². The van der Waals surface area contributed by atoms with Crippen molar-refractivity contribution >= 4 is 11.9 Å². The minimum atomic E-state index is -0.103. The molecule has 2 rings (SSSR count).